The second-order valence-corrected chi connectivity index (χ2v) is 7.80. The summed E-state index contributed by atoms with van der Waals surface area (Å²) in [6.07, 6.45) is 4.40. The zero-order valence-electron chi connectivity index (χ0n) is 14.3. The van der Waals surface area contributed by atoms with E-state index in [1.165, 1.54) is 24.8 Å². The lowest BCUT2D eigenvalue weighted by atomic mass is 9.86. The molecule has 0 amide bonds. The number of hydrogen-bond acceptors (Lipinski definition) is 1. The summed E-state index contributed by atoms with van der Waals surface area (Å²) in [5, 5.41) is 3.65. The Labute approximate surface area is 130 Å². The summed E-state index contributed by atoms with van der Waals surface area (Å²) in [4.78, 5) is 0. The Bertz CT molecular complexity index is 493. The first-order chi connectivity index (χ1) is 10.0. The quantitative estimate of drug-likeness (QED) is 0.780. The molecule has 0 spiro atoms. The van der Waals surface area contributed by atoms with Crippen LogP contribution in [0.25, 0.3) is 0 Å². The molecule has 1 heteroatoms. The van der Waals surface area contributed by atoms with Crippen molar-refractivity contribution in [1.82, 2.24) is 5.32 Å². The molecule has 3 rings (SSSR count). The Morgan fingerprint density at radius 2 is 1.62 bits per heavy atom. The molecular formula is C20H31N. The highest BCUT2D eigenvalue weighted by atomic mass is 14.9. The van der Waals surface area contributed by atoms with Crippen LogP contribution >= 0.6 is 0 Å². The van der Waals surface area contributed by atoms with E-state index in [1.807, 2.05) is 0 Å². The van der Waals surface area contributed by atoms with E-state index in [0.717, 1.165) is 17.8 Å². The molecule has 2 aliphatic rings. The molecule has 1 nitrogen and oxygen atoms in total. The lowest BCUT2D eigenvalue weighted by Gasteiger charge is -2.25. The number of benzene rings is 1. The highest BCUT2D eigenvalue weighted by molar-refractivity contribution is 5.39. The number of hydrogen-bond donors (Lipinski definition) is 1. The fraction of sp³-hybridized carbons (Fsp3) is 0.700. The molecule has 2 saturated carbocycles. The molecule has 1 aromatic rings. The first-order valence-electron chi connectivity index (χ1n) is 8.85. The summed E-state index contributed by atoms with van der Waals surface area (Å²) in [6, 6.07) is 7.81. The van der Waals surface area contributed by atoms with Crippen molar-refractivity contribution in [2.45, 2.75) is 64.8 Å². The van der Waals surface area contributed by atoms with Crippen molar-refractivity contribution < 1.29 is 0 Å². The fourth-order valence-electron chi connectivity index (χ4n) is 4.66. The predicted molar refractivity (Wildman–Crippen MR) is 90.7 cm³/mol. The lowest BCUT2D eigenvalue weighted by molar-refractivity contribution is 0.441. The molecule has 2 aliphatic carbocycles. The standard InChI is InChI=1S/C20H31N/c1-12(2)14-9-10-17(18(11-14)13(3)4)20(21-5)19-15-7-6-8-16(15)19/h9-13,15-16,19-21H,6-8H2,1-5H3. The van der Waals surface area contributed by atoms with E-state index in [4.69, 9.17) is 0 Å². The van der Waals surface area contributed by atoms with Gasteiger partial charge in [0.2, 0.25) is 0 Å². The van der Waals surface area contributed by atoms with Gasteiger partial charge in [-0.2, -0.15) is 0 Å². The predicted octanol–water partition coefficient (Wildman–Crippen LogP) is 5.24. The molecule has 0 bridgehead atoms. The molecule has 0 heterocycles. The molecule has 1 N–H and O–H groups in total. The zero-order chi connectivity index (χ0) is 15.1. The van der Waals surface area contributed by atoms with Crippen LogP contribution in [-0.4, -0.2) is 7.05 Å². The average Bonchev–Trinajstić information content (AvgIpc) is 2.92. The molecule has 116 valence electrons. The van der Waals surface area contributed by atoms with Crippen LogP contribution in [0.3, 0.4) is 0 Å². The van der Waals surface area contributed by atoms with Crippen molar-refractivity contribution in [3.63, 3.8) is 0 Å². The van der Waals surface area contributed by atoms with Crippen molar-refractivity contribution in [2.75, 3.05) is 7.05 Å². The third-order valence-electron chi connectivity index (χ3n) is 5.90. The van der Waals surface area contributed by atoms with Gasteiger partial charge in [0.25, 0.3) is 0 Å². The first kappa shape index (κ1) is 15.1. The van der Waals surface area contributed by atoms with E-state index >= 15 is 0 Å². The normalized spacial score (nSPS) is 29.0. The van der Waals surface area contributed by atoms with Crippen LogP contribution in [0, 0.1) is 17.8 Å². The molecular weight excluding hydrogens is 254 g/mol. The van der Waals surface area contributed by atoms with Gasteiger partial charge in [0, 0.05) is 6.04 Å². The fourth-order valence-corrected chi connectivity index (χ4v) is 4.66. The molecule has 3 atom stereocenters. The average molecular weight is 285 g/mol. The van der Waals surface area contributed by atoms with Gasteiger partial charge in [0.05, 0.1) is 0 Å². The van der Waals surface area contributed by atoms with E-state index in [1.54, 1.807) is 11.1 Å². The Morgan fingerprint density at radius 3 is 2.14 bits per heavy atom. The van der Waals surface area contributed by atoms with E-state index in [-0.39, 0.29) is 0 Å². The number of nitrogens with one attached hydrogen (secondary N) is 1. The summed E-state index contributed by atoms with van der Waals surface area (Å²) in [7, 11) is 2.15. The van der Waals surface area contributed by atoms with Crippen molar-refractivity contribution in [1.29, 1.82) is 0 Å². The molecule has 3 unspecified atom stereocenters. The number of fused-ring (bicyclic) bond motifs is 1. The molecule has 0 aromatic heterocycles. The maximum atomic E-state index is 3.65. The lowest BCUT2D eigenvalue weighted by Crippen LogP contribution is -2.22. The third kappa shape index (κ3) is 2.65. The second kappa shape index (κ2) is 5.76. The molecule has 1 aromatic carbocycles. The van der Waals surface area contributed by atoms with Crippen LogP contribution in [0.5, 0.6) is 0 Å². The highest BCUT2D eigenvalue weighted by Gasteiger charge is 2.55. The van der Waals surface area contributed by atoms with Gasteiger partial charge in [-0.15, -0.1) is 0 Å². The topological polar surface area (TPSA) is 12.0 Å². The first-order valence-corrected chi connectivity index (χ1v) is 8.85. The van der Waals surface area contributed by atoms with Crippen molar-refractivity contribution in [3.8, 4) is 0 Å². The third-order valence-corrected chi connectivity index (χ3v) is 5.90. The maximum Gasteiger partial charge on any atom is 0.0354 e. The van der Waals surface area contributed by atoms with E-state index < -0.39 is 0 Å². The minimum Gasteiger partial charge on any atom is -0.313 e. The van der Waals surface area contributed by atoms with Gasteiger partial charge in [-0.05, 0) is 66.2 Å². The van der Waals surface area contributed by atoms with Crippen molar-refractivity contribution >= 4 is 0 Å². The van der Waals surface area contributed by atoms with Gasteiger partial charge < -0.3 is 5.32 Å². The van der Waals surface area contributed by atoms with Crippen LogP contribution in [0.1, 0.15) is 81.5 Å². The van der Waals surface area contributed by atoms with Gasteiger partial charge in [-0.25, -0.2) is 0 Å². The molecule has 0 saturated heterocycles. The van der Waals surface area contributed by atoms with Gasteiger partial charge in [0.15, 0.2) is 0 Å². The monoisotopic (exact) mass is 285 g/mol. The second-order valence-electron chi connectivity index (χ2n) is 7.80. The Kier molecular flexibility index (Phi) is 4.14. The summed E-state index contributed by atoms with van der Waals surface area (Å²) >= 11 is 0. The van der Waals surface area contributed by atoms with Gasteiger partial charge in [-0.1, -0.05) is 52.3 Å². The molecule has 0 radical (unpaired) electrons. The molecule has 21 heavy (non-hydrogen) atoms. The summed E-state index contributed by atoms with van der Waals surface area (Å²) in [5.74, 6) is 4.13. The minimum absolute atomic E-state index is 0.568. The van der Waals surface area contributed by atoms with Gasteiger partial charge in [-0.3, -0.25) is 0 Å². The van der Waals surface area contributed by atoms with Crippen LogP contribution in [0.2, 0.25) is 0 Å². The van der Waals surface area contributed by atoms with E-state index in [0.29, 0.717) is 17.9 Å². The van der Waals surface area contributed by atoms with Crippen LogP contribution in [0.4, 0.5) is 0 Å². The summed E-state index contributed by atoms with van der Waals surface area (Å²) < 4.78 is 0. The smallest absolute Gasteiger partial charge is 0.0354 e. The van der Waals surface area contributed by atoms with Crippen molar-refractivity contribution in [2.24, 2.45) is 17.8 Å². The molecule has 2 fully saturated rings. The van der Waals surface area contributed by atoms with Crippen LogP contribution < -0.4 is 5.32 Å². The van der Waals surface area contributed by atoms with E-state index in [2.05, 4.69) is 58.3 Å². The van der Waals surface area contributed by atoms with Crippen LogP contribution in [-0.2, 0) is 0 Å². The largest absolute Gasteiger partial charge is 0.313 e. The van der Waals surface area contributed by atoms with Gasteiger partial charge in [0.1, 0.15) is 0 Å². The minimum atomic E-state index is 0.568. The number of rotatable bonds is 5. The van der Waals surface area contributed by atoms with Crippen molar-refractivity contribution in [3.05, 3.63) is 34.9 Å². The Morgan fingerprint density at radius 1 is 0.952 bits per heavy atom. The summed E-state index contributed by atoms with van der Waals surface area (Å²) in [5.41, 5.74) is 4.61. The van der Waals surface area contributed by atoms with E-state index in [9.17, 15) is 0 Å². The van der Waals surface area contributed by atoms with Crippen LogP contribution in [0.15, 0.2) is 18.2 Å². The zero-order valence-corrected chi connectivity index (χ0v) is 14.3. The SMILES string of the molecule is CNC(c1ccc(C(C)C)cc1C(C)C)C1C2CCCC21. The Balaban J connectivity index is 1.92. The Hall–Kier alpha value is -0.820. The van der Waals surface area contributed by atoms with Gasteiger partial charge >= 0.3 is 0 Å². The highest BCUT2D eigenvalue weighted by Crippen LogP contribution is 2.62. The molecule has 0 aliphatic heterocycles. The maximum absolute atomic E-state index is 3.65. The summed E-state index contributed by atoms with van der Waals surface area (Å²) in [6.45, 7) is 9.26.